The monoisotopic (exact) mass is 278 g/mol. The van der Waals surface area contributed by atoms with Crippen molar-refractivity contribution >= 4 is 0 Å². The van der Waals surface area contributed by atoms with Gasteiger partial charge in [0.1, 0.15) is 6.17 Å². The van der Waals surface area contributed by atoms with Crippen molar-refractivity contribution in [3.63, 3.8) is 0 Å². The third-order valence-electron chi connectivity index (χ3n) is 5.37. The molecule has 3 rings (SSSR count). The Labute approximate surface area is 119 Å². The summed E-state index contributed by atoms with van der Waals surface area (Å²) in [5, 5.41) is 20.3. The second kappa shape index (κ2) is 5.45. The predicted molar refractivity (Wildman–Crippen MR) is 76.1 cm³/mol. The van der Waals surface area contributed by atoms with Gasteiger partial charge in [0.05, 0.1) is 12.2 Å². The minimum atomic E-state index is -1.19. The van der Waals surface area contributed by atoms with Crippen molar-refractivity contribution < 1.29 is 14.6 Å². The fourth-order valence-electron chi connectivity index (χ4n) is 4.27. The van der Waals surface area contributed by atoms with Crippen LogP contribution in [0.1, 0.15) is 37.7 Å². The van der Waals surface area contributed by atoms with Crippen molar-refractivity contribution in [3.8, 4) is 0 Å². The SMILES string of the molecule is CC1CC(c2ccccc2)C2CC(O)C(F)CC2C1O. The van der Waals surface area contributed by atoms with Crippen LogP contribution in [0, 0.1) is 17.8 Å². The number of hydrogen-bond donors (Lipinski definition) is 2. The highest BCUT2D eigenvalue weighted by Gasteiger charge is 2.48. The molecule has 0 spiro atoms. The summed E-state index contributed by atoms with van der Waals surface area (Å²) in [7, 11) is 0. The van der Waals surface area contributed by atoms with Crippen molar-refractivity contribution in [2.24, 2.45) is 17.8 Å². The molecule has 0 aromatic heterocycles. The quantitative estimate of drug-likeness (QED) is 0.829. The second-order valence-electron chi connectivity index (χ2n) is 6.60. The number of hydrogen-bond acceptors (Lipinski definition) is 2. The first kappa shape index (κ1) is 14.0. The van der Waals surface area contributed by atoms with E-state index in [1.807, 2.05) is 18.2 Å². The van der Waals surface area contributed by atoms with E-state index in [-0.39, 0.29) is 17.8 Å². The van der Waals surface area contributed by atoms with Crippen LogP contribution in [-0.4, -0.2) is 28.6 Å². The molecule has 0 aliphatic heterocycles. The Morgan fingerprint density at radius 3 is 2.40 bits per heavy atom. The number of fused-ring (bicyclic) bond motifs is 1. The first-order valence-electron chi connectivity index (χ1n) is 7.63. The Balaban J connectivity index is 1.91. The lowest BCUT2D eigenvalue weighted by molar-refractivity contribution is -0.0908. The van der Waals surface area contributed by atoms with Gasteiger partial charge in [0.2, 0.25) is 0 Å². The molecule has 0 radical (unpaired) electrons. The Bertz CT molecular complexity index is 450. The summed E-state index contributed by atoms with van der Waals surface area (Å²) in [6.07, 6.45) is -0.826. The normalized spacial score (nSPS) is 44.9. The van der Waals surface area contributed by atoms with Gasteiger partial charge in [-0.2, -0.15) is 0 Å². The van der Waals surface area contributed by atoms with Crippen LogP contribution < -0.4 is 0 Å². The first-order chi connectivity index (χ1) is 9.58. The fraction of sp³-hybridized carbons (Fsp3) is 0.647. The molecule has 2 fully saturated rings. The van der Waals surface area contributed by atoms with Crippen LogP contribution in [0.25, 0.3) is 0 Å². The molecule has 2 nitrogen and oxygen atoms in total. The number of aliphatic hydroxyl groups excluding tert-OH is 2. The lowest BCUT2D eigenvalue weighted by Gasteiger charge is -2.49. The number of benzene rings is 1. The molecule has 7 atom stereocenters. The summed E-state index contributed by atoms with van der Waals surface area (Å²) in [6, 6.07) is 10.3. The zero-order chi connectivity index (χ0) is 14.3. The molecular formula is C17H23FO2. The molecule has 110 valence electrons. The number of alkyl halides is 1. The predicted octanol–water partition coefficient (Wildman–Crippen LogP) is 2.90. The maximum absolute atomic E-state index is 13.8. The molecule has 3 heteroatoms. The van der Waals surface area contributed by atoms with Crippen molar-refractivity contribution in [2.45, 2.75) is 50.5 Å². The summed E-state index contributed by atoms with van der Waals surface area (Å²) in [5.41, 5.74) is 1.26. The Morgan fingerprint density at radius 2 is 1.70 bits per heavy atom. The van der Waals surface area contributed by atoms with Crippen molar-refractivity contribution in [2.75, 3.05) is 0 Å². The lowest BCUT2D eigenvalue weighted by atomic mass is 9.59. The molecule has 2 saturated carbocycles. The first-order valence-corrected chi connectivity index (χ1v) is 7.63. The van der Waals surface area contributed by atoms with Gasteiger partial charge >= 0.3 is 0 Å². The smallest absolute Gasteiger partial charge is 0.126 e. The van der Waals surface area contributed by atoms with Gasteiger partial charge in [-0.05, 0) is 48.5 Å². The van der Waals surface area contributed by atoms with E-state index in [1.54, 1.807) is 0 Å². The van der Waals surface area contributed by atoms with Crippen molar-refractivity contribution in [3.05, 3.63) is 35.9 Å². The molecular weight excluding hydrogens is 255 g/mol. The average molecular weight is 278 g/mol. The van der Waals surface area contributed by atoms with Crippen molar-refractivity contribution in [1.82, 2.24) is 0 Å². The van der Waals surface area contributed by atoms with Crippen LogP contribution in [0.5, 0.6) is 0 Å². The van der Waals surface area contributed by atoms with Gasteiger partial charge in [-0.1, -0.05) is 37.3 Å². The van der Waals surface area contributed by atoms with Gasteiger partial charge in [-0.25, -0.2) is 4.39 Å². The van der Waals surface area contributed by atoms with E-state index >= 15 is 0 Å². The zero-order valence-electron chi connectivity index (χ0n) is 11.8. The van der Waals surface area contributed by atoms with E-state index in [1.165, 1.54) is 5.56 Å². The molecule has 1 aromatic rings. The van der Waals surface area contributed by atoms with Gasteiger partial charge in [0.15, 0.2) is 0 Å². The maximum Gasteiger partial charge on any atom is 0.126 e. The largest absolute Gasteiger partial charge is 0.393 e. The minimum absolute atomic E-state index is 0.0256. The molecule has 7 unspecified atom stereocenters. The minimum Gasteiger partial charge on any atom is -0.393 e. The highest BCUT2D eigenvalue weighted by atomic mass is 19.1. The third-order valence-corrected chi connectivity index (χ3v) is 5.37. The maximum atomic E-state index is 13.8. The molecule has 20 heavy (non-hydrogen) atoms. The van der Waals surface area contributed by atoms with Crippen LogP contribution in [0.3, 0.4) is 0 Å². The van der Waals surface area contributed by atoms with Crippen LogP contribution in [0.4, 0.5) is 4.39 Å². The van der Waals surface area contributed by atoms with Crippen molar-refractivity contribution in [1.29, 1.82) is 0 Å². The Kier molecular flexibility index (Phi) is 3.83. The molecule has 0 bridgehead atoms. The zero-order valence-corrected chi connectivity index (χ0v) is 11.8. The summed E-state index contributed by atoms with van der Waals surface area (Å²) in [5.74, 6) is 0.665. The van der Waals surface area contributed by atoms with E-state index in [0.717, 1.165) is 6.42 Å². The van der Waals surface area contributed by atoms with Crippen LogP contribution in [0.15, 0.2) is 30.3 Å². The molecule has 0 saturated heterocycles. The highest BCUT2D eigenvalue weighted by molar-refractivity contribution is 5.22. The number of halogens is 1. The van der Waals surface area contributed by atoms with Gasteiger partial charge < -0.3 is 10.2 Å². The molecule has 2 aliphatic rings. The number of aliphatic hydroxyl groups is 2. The topological polar surface area (TPSA) is 40.5 Å². The van der Waals surface area contributed by atoms with Gasteiger partial charge in [-0.3, -0.25) is 0 Å². The van der Waals surface area contributed by atoms with Gasteiger partial charge in [0, 0.05) is 0 Å². The van der Waals surface area contributed by atoms with Gasteiger partial charge in [-0.15, -0.1) is 0 Å². The molecule has 2 N–H and O–H groups in total. The Morgan fingerprint density at radius 1 is 1.00 bits per heavy atom. The Hall–Kier alpha value is -0.930. The van der Waals surface area contributed by atoms with Crippen LogP contribution in [0.2, 0.25) is 0 Å². The highest BCUT2D eigenvalue weighted by Crippen LogP contribution is 2.50. The summed E-state index contributed by atoms with van der Waals surface area (Å²) in [6.45, 7) is 2.05. The van der Waals surface area contributed by atoms with E-state index < -0.39 is 18.4 Å². The summed E-state index contributed by atoms with van der Waals surface area (Å²) < 4.78 is 13.8. The van der Waals surface area contributed by atoms with E-state index in [4.69, 9.17) is 0 Å². The third kappa shape index (κ3) is 2.38. The van der Waals surface area contributed by atoms with Gasteiger partial charge in [0.25, 0.3) is 0 Å². The molecule has 2 aliphatic carbocycles. The van der Waals surface area contributed by atoms with E-state index in [0.29, 0.717) is 18.8 Å². The molecule has 0 amide bonds. The number of rotatable bonds is 1. The van der Waals surface area contributed by atoms with E-state index in [9.17, 15) is 14.6 Å². The summed E-state index contributed by atoms with van der Waals surface area (Å²) in [4.78, 5) is 0. The average Bonchev–Trinajstić information content (AvgIpc) is 2.46. The van der Waals surface area contributed by atoms with Crippen LogP contribution in [-0.2, 0) is 0 Å². The standard InChI is InChI=1S/C17H23FO2/c1-10-7-12(11-5-3-2-4-6-11)13-9-16(19)15(18)8-14(13)17(10)20/h2-6,10,12-17,19-20H,7-9H2,1H3. The fourth-order valence-corrected chi connectivity index (χ4v) is 4.27. The lowest BCUT2D eigenvalue weighted by Crippen LogP contribution is -2.49. The van der Waals surface area contributed by atoms with E-state index in [2.05, 4.69) is 19.1 Å². The molecule has 1 aromatic carbocycles. The second-order valence-corrected chi connectivity index (χ2v) is 6.60. The van der Waals surface area contributed by atoms with Crippen LogP contribution >= 0.6 is 0 Å². The summed E-state index contributed by atoms with van der Waals surface area (Å²) >= 11 is 0. The molecule has 0 heterocycles.